The number of rotatable bonds is 4. The molecule has 2 aliphatic carbocycles. The number of nitrogens with one attached hydrogen (secondary N) is 3. The molecule has 2 fully saturated rings. The molecule has 1 saturated carbocycles. The maximum absolute atomic E-state index is 15.6. The molecule has 4 N–H and O–H groups in total. The summed E-state index contributed by atoms with van der Waals surface area (Å²) in [6, 6.07) is 0.400. The lowest BCUT2D eigenvalue weighted by atomic mass is 9.59. The molecule has 5 rings (SSSR count). The molecule has 1 aromatic carbocycles. The molecule has 206 valence electrons. The number of amides is 2. The lowest BCUT2D eigenvalue weighted by Gasteiger charge is -2.43. The molecule has 2 aliphatic heterocycles. The summed E-state index contributed by atoms with van der Waals surface area (Å²) in [4.78, 5) is 27.8. The van der Waals surface area contributed by atoms with Gasteiger partial charge in [-0.25, -0.2) is 13.2 Å². The molecule has 0 radical (unpaired) electrons. The Labute approximate surface area is 225 Å². The van der Waals surface area contributed by atoms with E-state index in [-0.39, 0.29) is 27.7 Å². The van der Waals surface area contributed by atoms with Crippen molar-refractivity contribution in [2.75, 3.05) is 5.32 Å². The highest BCUT2D eigenvalue weighted by Crippen LogP contribution is 2.57. The third-order valence-electron chi connectivity index (χ3n) is 8.37. The summed E-state index contributed by atoms with van der Waals surface area (Å²) >= 11 is 6.03. The number of carbonyl (C=O) groups excluding carboxylic acids is 2. The van der Waals surface area contributed by atoms with Crippen LogP contribution in [0.15, 0.2) is 36.2 Å². The van der Waals surface area contributed by atoms with E-state index in [4.69, 9.17) is 11.6 Å². The molecule has 1 aromatic rings. The normalized spacial score (nSPS) is 38.0. The van der Waals surface area contributed by atoms with Crippen LogP contribution in [0, 0.1) is 23.1 Å². The first kappa shape index (κ1) is 27.2. The molecule has 10 heteroatoms. The molecular weight excluding hydrogens is 519 g/mol. The zero-order valence-corrected chi connectivity index (χ0v) is 22.5. The fourth-order valence-electron chi connectivity index (χ4n) is 6.91. The van der Waals surface area contributed by atoms with Crippen molar-refractivity contribution in [2.45, 2.75) is 82.3 Å². The molecule has 6 atom stereocenters. The molecule has 0 aromatic heterocycles. The van der Waals surface area contributed by atoms with Crippen molar-refractivity contribution in [3.05, 3.63) is 52.6 Å². The van der Waals surface area contributed by atoms with Crippen molar-refractivity contribution in [3.63, 3.8) is 0 Å². The van der Waals surface area contributed by atoms with E-state index in [1.54, 1.807) is 6.92 Å². The maximum atomic E-state index is 15.6. The third kappa shape index (κ3) is 4.36. The number of halogens is 4. The number of carbonyl (C=O) groups is 2. The van der Waals surface area contributed by atoms with Crippen molar-refractivity contribution in [1.29, 1.82) is 0 Å². The molecule has 1 spiro atoms. The Balaban J connectivity index is 1.66. The van der Waals surface area contributed by atoms with E-state index >= 15 is 4.39 Å². The molecule has 38 heavy (non-hydrogen) atoms. The number of aliphatic hydroxyl groups is 1. The number of hydrogen-bond donors (Lipinski definition) is 4. The number of benzene rings is 1. The Kier molecular flexibility index (Phi) is 6.52. The molecule has 0 bridgehead atoms. The molecule has 2 heterocycles. The smallest absolute Gasteiger partial charge is 0.237 e. The standard InChI is InChI=1S/C28H33ClF3N3O3/c1-26(2,3)12-20-28(15-8-18(31)16(29)9-19(15)34-25(28)37)21(14-6-5-7-17(30)22(14)32)23(35-20)24(36)33-13-10-27(4,38)11-13/h5-9,13-14,20-23,35,38H,10-12H2,1-4H3,(H,33,36)(H,34,37)/t13?,14?,20-,21-,22?,23+,27?,28+/m0/s1. The average molecular weight is 552 g/mol. The predicted molar refractivity (Wildman–Crippen MR) is 138 cm³/mol. The molecule has 6 nitrogen and oxygen atoms in total. The predicted octanol–water partition coefficient (Wildman–Crippen LogP) is 4.47. The number of anilines is 1. The zero-order valence-electron chi connectivity index (χ0n) is 21.7. The Morgan fingerprint density at radius 3 is 2.58 bits per heavy atom. The Bertz CT molecular complexity index is 1240. The van der Waals surface area contributed by atoms with Gasteiger partial charge < -0.3 is 21.1 Å². The second-order valence-corrected chi connectivity index (χ2v) is 13.1. The molecule has 2 unspecified atom stereocenters. The minimum atomic E-state index is -2.09. The van der Waals surface area contributed by atoms with Crippen LogP contribution in [0.2, 0.25) is 5.02 Å². The van der Waals surface area contributed by atoms with E-state index < -0.39 is 64.6 Å². The van der Waals surface area contributed by atoms with Gasteiger partial charge in [0.15, 0.2) is 6.17 Å². The fraction of sp³-hybridized carbons (Fsp3) is 0.571. The lowest BCUT2D eigenvalue weighted by Crippen LogP contribution is -2.58. The van der Waals surface area contributed by atoms with Crippen molar-refractivity contribution >= 4 is 29.1 Å². The van der Waals surface area contributed by atoms with E-state index in [0.29, 0.717) is 19.3 Å². The summed E-state index contributed by atoms with van der Waals surface area (Å²) in [7, 11) is 0. The van der Waals surface area contributed by atoms with Gasteiger partial charge in [-0.3, -0.25) is 9.59 Å². The summed E-state index contributed by atoms with van der Waals surface area (Å²) in [6.45, 7) is 7.59. The zero-order chi connectivity index (χ0) is 27.8. The molecule has 4 aliphatic rings. The SMILES string of the molecule is CC(C)(C)C[C@@H]1N[C@@H](C(=O)NC2CC(C)(O)C2)[C@H](C2C=CC=C(F)C2F)[C@]12C(=O)Nc1cc(Cl)c(F)cc12. The van der Waals surface area contributed by atoms with Crippen molar-refractivity contribution in [1.82, 2.24) is 10.6 Å². The van der Waals surface area contributed by atoms with Gasteiger partial charge in [-0.2, -0.15) is 0 Å². The second kappa shape index (κ2) is 9.10. The highest BCUT2D eigenvalue weighted by atomic mass is 35.5. The molecular formula is C28H33ClF3N3O3. The number of alkyl halides is 1. The van der Waals surface area contributed by atoms with Gasteiger partial charge >= 0.3 is 0 Å². The Morgan fingerprint density at radius 2 is 1.95 bits per heavy atom. The maximum Gasteiger partial charge on any atom is 0.237 e. The summed E-state index contributed by atoms with van der Waals surface area (Å²) in [6.07, 6.45) is 2.89. The van der Waals surface area contributed by atoms with Gasteiger partial charge in [-0.1, -0.05) is 44.5 Å². The van der Waals surface area contributed by atoms with E-state index in [0.717, 1.165) is 6.08 Å². The fourth-order valence-corrected chi connectivity index (χ4v) is 7.07. The molecule has 1 saturated heterocycles. The molecule has 2 amide bonds. The van der Waals surface area contributed by atoms with Gasteiger partial charge in [-0.15, -0.1) is 0 Å². The summed E-state index contributed by atoms with van der Waals surface area (Å²) in [5.74, 6) is -5.02. The Morgan fingerprint density at radius 1 is 1.26 bits per heavy atom. The quantitative estimate of drug-likeness (QED) is 0.444. The van der Waals surface area contributed by atoms with Gasteiger partial charge in [0.25, 0.3) is 0 Å². The first-order valence-electron chi connectivity index (χ1n) is 12.9. The van der Waals surface area contributed by atoms with Gasteiger partial charge in [0.05, 0.1) is 22.1 Å². The monoisotopic (exact) mass is 551 g/mol. The summed E-state index contributed by atoms with van der Waals surface area (Å²) < 4.78 is 45.1. The largest absolute Gasteiger partial charge is 0.390 e. The van der Waals surface area contributed by atoms with Gasteiger partial charge in [-0.05, 0) is 55.4 Å². The van der Waals surface area contributed by atoms with Crippen LogP contribution in [-0.4, -0.2) is 46.8 Å². The number of fused-ring (bicyclic) bond motifs is 2. The van der Waals surface area contributed by atoms with Crippen molar-refractivity contribution in [2.24, 2.45) is 17.3 Å². The van der Waals surface area contributed by atoms with E-state index in [1.807, 2.05) is 20.8 Å². The van der Waals surface area contributed by atoms with Gasteiger partial charge in [0.1, 0.15) is 11.6 Å². The number of hydrogen-bond acceptors (Lipinski definition) is 4. The van der Waals surface area contributed by atoms with Crippen molar-refractivity contribution in [3.8, 4) is 0 Å². The average Bonchev–Trinajstić information content (AvgIpc) is 3.24. The highest BCUT2D eigenvalue weighted by Gasteiger charge is 2.68. The Hall–Kier alpha value is -2.36. The minimum Gasteiger partial charge on any atom is -0.390 e. The topological polar surface area (TPSA) is 90.5 Å². The van der Waals surface area contributed by atoms with Crippen LogP contribution in [0.5, 0.6) is 0 Å². The van der Waals surface area contributed by atoms with Crippen LogP contribution in [-0.2, 0) is 15.0 Å². The first-order chi connectivity index (χ1) is 17.6. The van der Waals surface area contributed by atoms with Crippen LogP contribution < -0.4 is 16.0 Å². The van der Waals surface area contributed by atoms with Crippen LogP contribution in [0.3, 0.4) is 0 Å². The van der Waals surface area contributed by atoms with E-state index in [1.165, 1.54) is 24.3 Å². The van der Waals surface area contributed by atoms with Gasteiger partial charge in [0, 0.05) is 29.6 Å². The minimum absolute atomic E-state index is 0.183. The lowest BCUT2D eigenvalue weighted by molar-refractivity contribution is -0.129. The summed E-state index contributed by atoms with van der Waals surface area (Å²) in [5, 5.41) is 19.0. The van der Waals surface area contributed by atoms with E-state index in [2.05, 4.69) is 16.0 Å². The highest BCUT2D eigenvalue weighted by molar-refractivity contribution is 6.31. The third-order valence-corrected chi connectivity index (χ3v) is 8.66. The van der Waals surface area contributed by atoms with E-state index in [9.17, 15) is 23.5 Å². The van der Waals surface area contributed by atoms with Crippen LogP contribution in [0.4, 0.5) is 18.9 Å². The van der Waals surface area contributed by atoms with Gasteiger partial charge in [0.2, 0.25) is 11.8 Å². The van der Waals surface area contributed by atoms with Crippen LogP contribution in [0.25, 0.3) is 0 Å². The number of allylic oxidation sites excluding steroid dienone is 4. The van der Waals surface area contributed by atoms with Crippen molar-refractivity contribution < 1.29 is 27.9 Å². The van der Waals surface area contributed by atoms with Crippen LogP contribution >= 0.6 is 11.6 Å². The summed E-state index contributed by atoms with van der Waals surface area (Å²) in [5.41, 5.74) is -2.26. The van der Waals surface area contributed by atoms with Crippen LogP contribution in [0.1, 0.15) is 52.5 Å². The second-order valence-electron chi connectivity index (χ2n) is 12.6. The first-order valence-corrected chi connectivity index (χ1v) is 13.3.